The Morgan fingerprint density at radius 2 is 2.06 bits per heavy atom. The van der Waals surface area contributed by atoms with Crippen molar-refractivity contribution in [2.24, 2.45) is 0 Å². The summed E-state index contributed by atoms with van der Waals surface area (Å²) in [5, 5.41) is 8.60. The van der Waals surface area contributed by atoms with Crippen molar-refractivity contribution in [3.8, 4) is 0 Å². The summed E-state index contributed by atoms with van der Waals surface area (Å²) in [6.07, 6.45) is 1.09. The topological polar surface area (TPSA) is 78.9 Å². The number of aliphatic hydroxyl groups is 1. The quantitative estimate of drug-likeness (QED) is 0.518. The maximum Gasteiger partial charge on any atom is 0.279 e. The Morgan fingerprint density at radius 3 is 2.62 bits per heavy atom. The molecule has 0 aliphatic heterocycles. The summed E-state index contributed by atoms with van der Waals surface area (Å²) in [5.41, 5.74) is 0. The molecule has 2 N–H and O–H groups in total. The number of ether oxygens (including phenoxy) is 1. The highest BCUT2D eigenvalue weighted by Crippen LogP contribution is 1.95. The number of hydrogen-bond acceptors (Lipinski definition) is 4. The van der Waals surface area contributed by atoms with Gasteiger partial charge in [0.15, 0.2) is 0 Å². The van der Waals surface area contributed by atoms with Gasteiger partial charge in [0.05, 0.1) is 0 Å². The van der Waals surface area contributed by atoms with Gasteiger partial charge < -0.3 is 9.84 Å². The first kappa shape index (κ1) is 15.8. The smallest absolute Gasteiger partial charge is 0.279 e. The van der Waals surface area contributed by atoms with Gasteiger partial charge >= 0.3 is 0 Å². The van der Waals surface area contributed by atoms with E-state index in [9.17, 15) is 8.42 Å². The largest absolute Gasteiger partial charge is 0.396 e. The molecule has 0 unspecified atom stereocenters. The highest BCUT2D eigenvalue weighted by molar-refractivity contribution is 7.87. The van der Waals surface area contributed by atoms with Gasteiger partial charge in [-0.1, -0.05) is 0 Å². The molecule has 98 valence electrons. The summed E-state index contributed by atoms with van der Waals surface area (Å²) in [6, 6.07) is 0. The van der Waals surface area contributed by atoms with Crippen LogP contribution in [0.25, 0.3) is 0 Å². The third-order valence-electron chi connectivity index (χ3n) is 2.00. The fraction of sp³-hybridized carbons (Fsp3) is 1.00. The predicted octanol–water partition coefficient (Wildman–Crippen LogP) is -0.438. The second kappa shape index (κ2) is 8.89. The molecule has 0 saturated heterocycles. The average Bonchev–Trinajstić information content (AvgIpc) is 2.25. The van der Waals surface area contributed by atoms with Gasteiger partial charge in [0.1, 0.15) is 0 Å². The Bertz CT molecular complexity index is 256. The zero-order chi connectivity index (χ0) is 12.4. The molecule has 0 amide bonds. The number of rotatable bonds is 10. The van der Waals surface area contributed by atoms with Gasteiger partial charge in [-0.2, -0.15) is 12.7 Å². The van der Waals surface area contributed by atoms with E-state index in [0.29, 0.717) is 39.1 Å². The molecular formula is C9H22N2O4S. The van der Waals surface area contributed by atoms with E-state index >= 15 is 0 Å². The SMILES string of the molecule is CCOCCCNS(=O)(=O)N(C)CCCO. The molecule has 0 aromatic heterocycles. The van der Waals surface area contributed by atoms with Crippen LogP contribution in [-0.4, -0.2) is 57.8 Å². The van der Waals surface area contributed by atoms with Crippen LogP contribution in [0.5, 0.6) is 0 Å². The van der Waals surface area contributed by atoms with Gasteiger partial charge in [0.2, 0.25) is 0 Å². The molecular weight excluding hydrogens is 232 g/mol. The van der Waals surface area contributed by atoms with E-state index in [-0.39, 0.29) is 6.61 Å². The van der Waals surface area contributed by atoms with Crippen LogP contribution in [-0.2, 0) is 14.9 Å². The minimum atomic E-state index is -3.40. The summed E-state index contributed by atoms with van der Waals surface area (Å²) in [5.74, 6) is 0. The maximum absolute atomic E-state index is 11.6. The first-order valence-corrected chi connectivity index (χ1v) is 6.88. The standard InChI is InChI=1S/C9H22N2O4S/c1-3-15-9-4-6-10-16(13,14)11(2)7-5-8-12/h10,12H,3-9H2,1-2H3. The van der Waals surface area contributed by atoms with Crippen molar-refractivity contribution in [2.75, 3.05) is 40.0 Å². The van der Waals surface area contributed by atoms with Crippen molar-refractivity contribution in [1.29, 1.82) is 0 Å². The number of aliphatic hydroxyl groups excluding tert-OH is 1. The minimum Gasteiger partial charge on any atom is -0.396 e. The van der Waals surface area contributed by atoms with Crippen molar-refractivity contribution in [1.82, 2.24) is 9.03 Å². The monoisotopic (exact) mass is 254 g/mol. The van der Waals surface area contributed by atoms with Gasteiger partial charge in [0, 0.05) is 40.0 Å². The average molecular weight is 254 g/mol. The fourth-order valence-electron chi connectivity index (χ4n) is 1.04. The van der Waals surface area contributed by atoms with E-state index in [1.807, 2.05) is 6.92 Å². The summed E-state index contributed by atoms with van der Waals surface area (Å²) in [4.78, 5) is 0. The van der Waals surface area contributed by atoms with Crippen molar-refractivity contribution < 1.29 is 18.3 Å². The van der Waals surface area contributed by atoms with Crippen molar-refractivity contribution in [2.45, 2.75) is 19.8 Å². The number of hydrogen-bond donors (Lipinski definition) is 2. The lowest BCUT2D eigenvalue weighted by atomic mass is 10.5. The molecule has 0 saturated carbocycles. The zero-order valence-corrected chi connectivity index (χ0v) is 10.8. The van der Waals surface area contributed by atoms with Gasteiger partial charge in [0.25, 0.3) is 10.2 Å². The fourth-order valence-corrected chi connectivity index (χ4v) is 2.04. The van der Waals surface area contributed by atoms with Crippen LogP contribution in [0.3, 0.4) is 0 Å². The lowest BCUT2D eigenvalue weighted by Crippen LogP contribution is -2.39. The molecule has 0 aromatic rings. The Morgan fingerprint density at radius 1 is 1.38 bits per heavy atom. The Kier molecular flexibility index (Phi) is 8.77. The molecule has 0 aromatic carbocycles. The lowest BCUT2D eigenvalue weighted by molar-refractivity contribution is 0.146. The van der Waals surface area contributed by atoms with Gasteiger partial charge in [-0.25, -0.2) is 4.72 Å². The normalized spacial score (nSPS) is 12.2. The van der Waals surface area contributed by atoms with E-state index in [4.69, 9.17) is 9.84 Å². The van der Waals surface area contributed by atoms with E-state index in [2.05, 4.69) is 4.72 Å². The molecule has 0 bridgehead atoms. The summed E-state index contributed by atoms with van der Waals surface area (Å²) >= 11 is 0. The van der Waals surface area contributed by atoms with Crippen LogP contribution in [0.15, 0.2) is 0 Å². The molecule has 7 heteroatoms. The highest BCUT2D eigenvalue weighted by atomic mass is 32.2. The highest BCUT2D eigenvalue weighted by Gasteiger charge is 2.15. The van der Waals surface area contributed by atoms with E-state index in [0.717, 1.165) is 0 Å². The second-order valence-corrected chi connectivity index (χ2v) is 5.21. The zero-order valence-electron chi connectivity index (χ0n) is 9.98. The first-order chi connectivity index (χ1) is 7.54. The summed E-state index contributed by atoms with van der Waals surface area (Å²) in [6.45, 7) is 3.77. The van der Waals surface area contributed by atoms with E-state index in [1.54, 1.807) is 0 Å². The molecule has 0 aliphatic rings. The van der Waals surface area contributed by atoms with Crippen LogP contribution in [0.1, 0.15) is 19.8 Å². The van der Waals surface area contributed by atoms with Gasteiger partial charge in [-0.15, -0.1) is 0 Å². The van der Waals surface area contributed by atoms with Crippen LogP contribution in [0.2, 0.25) is 0 Å². The van der Waals surface area contributed by atoms with Crippen molar-refractivity contribution in [3.63, 3.8) is 0 Å². The molecule has 16 heavy (non-hydrogen) atoms. The van der Waals surface area contributed by atoms with E-state index in [1.165, 1.54) is 11.4 Å². The van der Waals surface area contributed by atoms with Crippen molar-refractivity contribution in [3.05, 3.63) is 0 Å². The van der Waals surface area contributed by atoms with Crippen LogP contribution < -0.4 is 4.72 Å². The third-order valence-corrected chi connectivity index (χ3v) is 3.57. The third kappa shape index (κ3) is 7.13. The lowest BCUT2D eigenvalue weighted by Gasteiger charge is -2.16. The van der Waals surface area contributed by atoms with Crippen LogP contribution in [0.4, 0.5) is 0 Å². The van der Waals surface area contributed by atoms with E-state index < -0.39 is 10.2 Å². The Hall–Kier alpha value is -0.210. The molecule has 0 heterocycles. The molecule has 0 atom stereocenters. The molecule has 0 aliphatic carbocycles. The number of nitrogens with one attached hydrogen (secondary N) is 1. The first-order valence-electron chi connectivity index (χ1n) is 5.44. The van der Waals surface area contributed by atoms with Gasteiger partial charge in [-0.3, -0.25) is 0 Å². The second-order valence-electron chi connectivity index (χ2n) is 3.35. The molecule has 0 spiro atoms. The summed E-state index contributed by atoms with van der Waals surface area (Å²) < 4.78 is 31.9. The number of nitrogens with zero attached hydrogens (tertiary/aromatic N) is 1. The van der Waals surface area contributed by atoms with Crippen LogP contribution >= 0.6 is 0 Å². The molecule has 6 nitrogen and oxygen atoms in total. The summed E-state index contributed by atoms with van der Waals surface area (Å²) in [7, 11) is -1.92. The molecule has 0 radical (unpaired) electrons. The Labute approximate surface area is 97.8 Å². The predicted molar refractivity (Wildman–Crippen MR) is 62.4 cm³/mol. The van der Waals surface area contributed by atoms with Crippen LogP contribution in [0, 0.1) is 0 Å². The molecule has 0 fully saturated rings. The van der Waals surface area contributed by atoms with Gasteiger partial charge in [-0.05, 0) is 19.8 Å². The maximum atomic E-state index is 11.6. The minimum absolute atomic E-state index is 0.00972. The molecule has 0 rings (SSSR count). The van der Waals surface area contributed by atoms with Crippen molar-refractivity contribution >= 4 is 10.2 Å². The Balaban J connectivity index is 3.77.